The summed E-state index contributed by atoms with van der Waals surface area (Å²) in [6, 6.07) is 44.8. The van der Waals surface area contributed by atoms with Gasteiger partial charge in [0.1, 0.15) is 0 Å². The van der Waals surface area contributed by atoms with E-state index in [4.69, 9.17) is 0 Å². The number of allylic oxidation sites excluding steroid dienone is 1. The molecule has 0 fully saturated rings. The molecule has 0 nitrogen and oxygen atoms in total. The Kier molecular flexibility index (Phi) is 8.50. The molecule has 4 rings (SSSR count). The molecule has 4 aromatic rings. The van der Waals surface area contributed by atoms with Crippen LogP contribution in [0.15, 0.2) is 134 Å². The second-order valence-corrected chi connectivity index (χ2v) is 17.2. The zero-order valence-corrected chi connectivity index (χ0v) is 22.3. The second kappa shape index (κ2) is 11.1. The quantitative estimate of drug-likeness (QED) is 0.178. The molecule has 33 heavy (non-hydrogen) atoms. The first-order chi connectivity index (χ1) is 15.6. The number of hydrogen-bond acceptors (Lipinski definition) is 0. The summed E-state index contributed by atoms with van der Waals surface area (Å²) in [5.74, 6) is 0. The third-order valence-electron chi connectivity index (χ3n) is 6.96. The van der Waals surface area contributed by atoms with Crippen molar-refractivity contribution >= 4 is 36.9 Å². The van der Waals surface area contributed by atoms with E-state index in [1.165, 1.54) is 20.7 Å². The van der Waals surface area contributed by atoms with E-state index in [0.717, 1.165) is 6.42 Å². The van der Waals surface area contributed by atoms with Crippen molar-refractivity contribution in [1.29, 1.82) is 0 Å². The van der Waals surface area contributed by atoms with Gasteiger partial charge < -0.3 is 0 Å². The van der Waals surface area contributed by atoms with Crippen molar-refractivity contribution in [3.8, 4) is 0 Å². The van der Waals surface area contributed by atoms with Crippen LogP contribution in [0.5, 0.6) is 0 Å². The van der Waals surface area contributed by atoms with E-state index in [-0.39, 0.29) is 17.1 Å². The summed E-state index contributed by atoms with van der Waals surface area (Å²) in [6.45, 7) is 9.32. The first-order valence-electron chi connectivity index (χ1n) is 11.3. The maximum atomic E-state index is 4.23. The summed E-state index contributed by atoms with van der Waals surface area (Å²) in [7, 11) is -4.49. The molecule has 0 unspecified atom stereocenters. The average molecular weight is 511 g/mol. The largest absolute Gasteiger partial charge is 1.00 e. The molecular weight excluding hydrogens is 480 g/mol. The third kappa shape index (κ3) is 4.78. The maximum absolute atomic E-state index is 4.23. The number of benzene rings is 4. The average Bonchev–Trinajstić information content (AvgIpc) is 2.88. The van der Waals surface area contributed by atoms with Gasteiger partial charge in [0.05, 0.1) is 0 Å². The standard InChI is InChI=1S/C30H31Si2.Cu/c1-4-17-30(31(2,26-18-9-5-10-19-26)27-20-11-6-12-21-27)32(3,28-22-13-7-14-23-28)29-24-15-8-16-25-29;/h4-16,18-25H,1,17H2,2-3H3;/q-1;+1. The SMILES string of the molecule is C=CC[C-]([Si](C)(c1ccccc1)c1ccccc1)[Si](C)(c1ccccc1)c1ccccc1.[Cu+]. The van der Waals surface area contributed by atoms with Crippen LogP contribution in [0.1, 0.15) is 6.42 Å². The van der Waals surface area contributed by atoms with E-state index in [9.17, 15) is 0 Å². The Balaban J connectivity index is 0.00000306. The van der Waals surface area contributed by atoms with Crippen molar-refractivity contribution in [2.45, 2.75) is 19.5 Å². The first kappa shape index (κ1) is 25.2. The van der Waals surface area contributed by atoms with Crippen molar-refractivity contribution in [2.75, 3.05) is 0 Å². The van der Waals surface area contributed by atoms with Crippen molar-refractivity contribution in [3.63, 3.8) is 0 Å². The maximum Gasteiger partial charge on any atom is 1.00 e. The normalized spacial score (nSPS) is 11.6. The van der Waals surface area contributed by atoms with Gasteiger partial charge in [0.2, 0.25) is 0 Å². The fourth-order valence-corrected chi connectivity index (χ4v) is 17.5. The summed E-state index contributed by atoms with van der Waals surface area (Å²) in [6.07, 6.45) is 3.06. The molecule has 0 aliphatic carbocycles. The van der Waals surface area contributed by atoms with Gasteiger partial charge in [0.25, 0.3) is 0 Å². The summed E-state index contributed by atoms with van der Waals surface area (Å²) in [5, 5.41) is 7.55. The van der Waals surface area contributed by atoms with E-state index in [1.54, 1.807) is 5.16 Å². The molecule has 0 aromatic heterocycles. The first-order valence-corrected chi connectivity index (χ1v) is 16.3. The summed E-state index contributed by atoms with van der Waals surface area (Å²) < 4.78 is 0. The molecule has 170 valence electrons. The van der Waals surface area contributed by atoms with E-state index < -0.39 is 16.1 Å². The van der Waals surface area contributed by atoms with Gasteiger partial charge in [0.15, 0.2) is 0 Å². The molecule has 0 amide bonds. The Morgan fingerprint density at radius 3 is 1.00 bits per heavy atom. The summed E-state index contributed by atoms with van der Waals surface area (Å²) in [4.78, 5) is 0. The smallest absolute Gasteiger partial charge is 0.291 e. The van der Waals surface area contributed by atoms with Gasteiger partial charge in [-0.2, -0.15) is 6.42 Å². The molecule has 0 radical (unpaired) electrons. The predicted octanol–water partition coefficient (Wildman–Crippen LogP) is 5.00. The zero-order chi connectivity index (χ0) is 22.4. The van der Waals surface area contributed by atoms with Crippen LogP contribution in [0.4, 0.5) is 0 Å². The van der Waals surface area contributed by atoms with E-state index in [2.05, 4.69) is 147 Å². The minimum Gasteiger partial charge on any atom is -0.291 e. The van der Waals surface area contributed by atoms with Gasteiger partial charge in [-0.1, -0.05) is 155 Å². The van der Waals surface area contributed by atoms with Gasteiger partial charge >= 0.3 is 17.1 Å². The Labute approximate surface area is 211 Å². The Morgan fingerprint density at radius 1 is 0.545 bits per heavy atom. The molecular formula is C30H31CuSi2. The van der Waals surface area contributed by atoms with Crippen LogP contribution in [0.2, 0.25) is 13.1 Å². The Hall–Kier alpha value is -2.43. The Morgan fingerprint density at radius 2 is 0.788 bits per heavy atom. The second-order valence-electron chi connectivity index (χ2n) is 8.69. The van der Waals surface area contributed by atoms with Gasteiger partial charge in [0, 0.05) is 0 Å². The van der Waals surface area contributed by atoms with Crippen LogP contribution >= 0.6 is 0 Å². The van der Waals surface area contributed by atoms with Crippen LogP contribution in [0.3, 0.4) is 0 Å². The molecule has 0 heterocycles. The van der Waals surface area contributed by atoms with Crippen LogP contribution < -0.4 is 20.7 Å². The van der Waals surface area contributed by atoms with E-state index in [0.29, 0.717) is 0 Å². The fraction of sp³-hybridized carbons (Fsp3) is 0.100. The predicted molar refractivity (Wildman–Crippen MR) is 146 cm³/mol. The van der Waals surface area contributed by atoms with Gasteiger partial charge in [-0.05, 0) is 16.1 Å². The van der Waals surface area contributed by atoms with Gasteiger partial charge in [-0.3, -0.25) is 5.16 Å². The molecule has 0 spiro atoms. The van der Waals surface area contributed by atoms with Crippen molar-refractivity contribution < 1.29 is 17.1 Å². The monoisotopic (exact) mass is 510 g/mol. The molecule has 0 saturated heterocycles. The molecule has 0 saturated carbocycles. The van der Waals surface area contributed by atoms with Crippen LogP contribution in [0.25, 0.3) is 0 Å². The summed E-state index contributed by atoms with van der Waals surface area (Å²) >= 11 is 0. The van der Waals surface area contributed by atoms with E-state index in [1.807, 2.05) is 0 Å². The molecule has 0 N–H and O–H groups in total. The molecule has 0 aliphatic rings. The topological polar surface area (TPSA) is 0 Å². The van der Waals surface area contributed by atoms with Crippen LogP contribution in [0, 0.1) is 5.16 Å². The van der Waals surface area contributed by atoms with E-state index >= 15 is 0 Å². The van der Waals surface area contributed by atoms with Crippen LogP contribution in [-0.2, 0) is 17.1 Å². The molecule has 3 heteroatoms. The number of hydrogen-bond donors (Lipinski definition) is 0. The Bertz CT molecular complexity index is 961. The number of rotatable bonds is 8. The van der Waals surface area contributed by atoms with Gasteiger partial charge in [-0.15, -0.1) is 12.7 Å². The minimum atomic E-state index is -2.25. The minimum absolute atomic E-state index is 0. The van der Waals surface area contributed by atoms with Gasteiger partial charge in [-0.25, -0.2) is 0 Å². The zero-order valence-electron chi connectivity index (χ0n) is 19.3. The van der Waals surface area contributed by atoms with Crippen LogP contribution in [-0.4, -0.2) is 16.1 Å². The van der Waals surface area contributed by atoms with Crippen molar-refractivity contribution in [3.05, 3.63) is 139 Å². The molecule has 0 aliphatic heterocycles. The molecule has 0 bridgehead atoms. The van der Waals surface area contributed by atoms with Crippen molar-refractivity contribution in [1.82, 2.24) is 0 Å². The summed E-state index contributed by atoms with van der Waals surface area (Å²) in [5.41, 5.74) is 0. The molecule has 0 atom stereocenters. The van der Waals surface area contributed by atoms with Crippen molar-refractivity contribution in [2.24, 2.45) is 0 Å². The fourth-order valence-electron chi connectivity index (χ4n) is 5.17. The third-order valence-corrected chi connectivity index (χ3v) is 18.7. The molecule has 4 aromatic carbocycles.